The lowest BCUT2D eigenvalue weighted by molar-refractivity contribution is -0.384. The molecule has 1 aromatic carbocycles. The molecular formula is C11H14BrNO3S. The maximum Gasteiger partial charge on any atom is 0.270 e. The van der Waals surface area contributed by atoms with E-state index in [0.717, 1.165) is 22.2 Å². The molecule has 1 N–H and O–H groups in total. The molecule has 1 aromatic rings. The summed E-state index contributed by atoms with van der Waals surface area (Å²) in [7, 11) is 0. The number of aliphatic hydroxyl groups excluding tert-OH is 1. The van der Waals surface area contributed by atoms with E-state index in [9.17, 15) is 10.1 Å². The molecule has 0 bridgehead atoms. The van der Waals surface area contributed by atoms with Crippen LogP contribution >= 0.6 is 27.7 Å². The summed E-state index contributed by atoms with van der Waals surface area (Å²) in [6, 6.07) is 4.80. The van der Waals surface area contributed by atoms with E-state index in [4.69, 9.17) is 5.11 Å². The summed E-state index contributed by atoms with van der Waals surface area (Å²) in [5.41, 5.74) is 1.12. The van der Waals surface area contributed by atoms with Crippen LogP contribution in [-0.2, 0) is 5.75 Å². The van der Waals surface area contributed by atoms with Crippen molar-refractivity contribution in [3.63, 3.8) is 0 Å². The molecule has 17 heavy (non-hydrogen) atoms. The van der Waals surface area contributed by atoms with Crippen LogP contribution in [0.5, 0.6) is 0 Å². The highest BCUT2D eigenvalue weighted by molar-refractivity contribution is 9.10. The van der Waals surface area contributed by atoms with Gasteiger partial charge in [-0.3, -0.25) is 10.1 Å². The van der Waals surface area contributed by atoms with Crippen molar-refractivity contribution in [2.24, 2.45) is 0 Å². The molecule has 0 aliphatic carbocycles. The van der Waals surface area contributed by atoms with Gasteiger partial charge in [0.25, 0.3) is 5.69 Å². The molecule has 0 heterocycles. The number of aliphatic hydroxyl groups is 1. The number of nitrogens with zero attached hydrogens (tertiary/aromatic N) is 1. The second-order valence-corrected chi connectivity index (χ2v) is 5.95. The van der Waals surface area contributed by atoms with Gasteiger partial charge in [0.05, 0.1) is 4.92 Å². The van der Waals surface area contributed by atoms with Crippen molar-refractivity contribution < 1.29 is 10.0 Å². The Labute approximate surface area is 113 Å². The Kier molecular flexibility index (Phi) is 5.94. The van der Waals surface area contributed by atoms with Crippen molar-refractivity contribution in [2.75, 3.05) is 6.61 Å². The summed E-state index contributed by atoms with van der Waals surface area (Å²) in [6.45, 7) is 2.25. The smallest absolute Gasteiger partial charge is 0.270 e. The van der Waals surface area contributed by atoms with Crippen molar-refractivity contribution in [3.05, 3.63) is 38.3 Å². The first-order chi connectivity index (χ1) is 8.04. The van der Waals surface area contributed by atoms with Crippen LogP contribution in [0, 0.1) is 10.1 Å². The first-order valence-corrected chi connectivity index (χ1v) is 7.04. The maximum absolute atomic E-state index is 10.6. The lowest BCUT2D eigenvalue weighted by Crippen LogP contribution is -2.00. The number of hydrogen-bond acceptors (Lipinski definition) is 4. The summed E-state index contributed by atoms with van der Waals surface area (Å²) in [6.07, 6.45) is 0.759. The standard InChI is InChI=1S/C11H14BrNO3S/c1-8(4-5-14)17-7-9-2-3-10(13(15)16)6-11(9)12/h2-3,6,8,14H,4-5,7H2,1H3. The second-order valence-electron chi connectivity index (χ2n) is 3.67. The van der Waals surface area contributed by atoms with Crippen molar-refractivity contribution in [2.45, 2.75) is 24.3 Å². The molecule has 0 amide bonds. The number of rotatable bonds is 6. The third-order valence-electron chi connectivity index (χ3n) is 2.31. The quantitative estimate of drug-likeness (QED) is 0.645. The Morgan fingerprint density at radius 1 is 1.59 bits per heavy atom. The fourth-order valence-corrected chi connectivity index (χ4v) is 2.94. The van der Waals surface area contributed by atoms with Gasteiger partial charge in [-0.1, -0.05) is 28.9 Å². The van der Waals surface area contributed by atoms with E-state index < -0.39 is 4.92 Å². The Morgan fingerprint density at radius 3 is 2.82 bits per heavy atom. The van der Waals surface area contributed by atoms with Crippen LogP contribution in [0.15, 0.2) is 22.7 Å². The van der Waals surface area contributed by atoms with Gasteiger partial charge in [-0.2, -0.15) is 11.8 Å². The van der Waals surface area contributed by atoms with E-state index >= 15 is 0 Å². The van der Waals surface area contributed by atoms with E-state index in [2.05, 4.69) is 22.9 Å². The topological polar surface area (TPSA) is 63.4 Å². The van der Waals surface area contributed by atoms with Gasteiger partial charge in [0.2, 0.25) is 0 Å². The van der Waals surface area contributed by atoms with Crippen LogP contribution in [0.2, 0.25) is 0 Å². The molecule has 0 radical (unpaired) electrons. The van der Waals surface area contributed by atoms with Gasteiger partial charge in [-0.15, -0.1) is 0 Å². The molecule has 0 saturated heterocycles. The number of hydrogen-bond donors (Lipinski definition) is 1. The predicted octanol–water partition coefficient (Wildman–Crippen LogP) is 3.36. The van der Waals surface area contributed by atoms with Crippen LogP contribution in [0.1, 0.15) is 18.9 Å². The minimum Gasteiger partial charge on any atom is -0.396 e. The van der Waals surface area contributed by atoms with E-state index in [0.29, 0.717) is 5.25 Å². The molecule has 0 aliphatic rings. The lowest BCUT2D eigenvalue weighted by atomic mass is 10.2. The number of halogens is 1. The van der Waals surface area contributed by atoms with Gasteiger partial charge in [-0.05, 0) is 12.0 Å². The normalized spacial score (nSPS) is 12.4. The molecule has 0 aromatic heterocycles. The summed E-state index contributed by atoms with van der Waals surface area (Å²) in [5, 5.41) is 19.7. The number of non-ortho nitro benzene ring substituents is 1. The van der Waals surface area contributed by atoms with Crippen LogP contribution in [-0.4, -0.2) is 21.9 Å². The Morgan fingerprint density at radius 2 is 2.29 bits per heavy atom. The highest BCUT2D eigenvalue weighted by atomic mass is 79.9. The number of nitro benzene ring substituents is 1. The van der Waals surface area contributed by atoms with Gasteiger partial charge in [0.1, 0.15) is 0 Å². The number of thioether (sulfide) groups is 1. The van der Waals surface area contributed by atoms with Crippen LogP contribution in [0.3, 0.4) is 0 Å². The highest BCUT2D eigenvalue weighted by Gasteiger charge is 2.10. The average molecular weight is 320 g/mol. The van der Waals surface area contributed by atoms with Crippen molar-refractivity contribution in [1.82, 2.24) is 0 Å². The fourth-order valence-electron chi connectivity index (χ4n) is 1.26. The van der Waals surface area contributed by atoms with Crippen LogP contribution < -0.4 is 0 Å². The summed E-state index contributed by atoms with van der Waals surface area (Å²) < 4.78 is 0.760. The van der Waals surface area contributed by atoms with Crippen molar-refractivity contribution in [1.29, 1.82) is 0 Å². The summed E-state index contributed by atoms with van der Waals surface area (Å²) >= 11 is 5.06. The summed E-state index contributed by atoms with van der Waals surface area (Å²) in [4.78, 5) is 10.2. The molecule has 1 rings (SSSR count). The maximum atomic E-state index is 10.6. The molecule has 1 unspecified atom stereocenters. The molecular weight excluding hydrogens is 306 g/mol. The minimum atomic E-state index is -0.407. The Hall–Kier alpha value is -0.590. The molecule has 6 heteroatoms. The minimum absolute atomic E-state index is 0.0917. The van der Waals surface area contributed by atoms with E-state index in [1.807, 2.05) is 0 Å². The zero-order valence-corrected chi connectivity index (χ0v) is 11.8. The third kappa shape index (κ3) is 4.65. The molecule has 4 nitrogen and oxygen atoms in total. The lowest BCUT2D eigenvalue weighted by Gasteiger charge is -2.10. The van der Waals surface area contributed by atoms with Gasteiger partial charge >= 0.3 is 0 Å². The Bertz CT molecular complexity index is 400. The second kappa shape index (κ2) is 6.98. The zero-order chi connectivity index (χ0) is 12.8. The van der Waals surface area contributed by atoms with Gasteiger partial charge in [-0.25, -0.2) is 0 Å². The molecule has 1 atom stereocenters. The number of benzene rings is 1. The van der Waals surface area contributed by atoms with Gasteiger partial charge in [0, 0.05) is 34.2 Å². The van der Waals surface area contributed by atoms with E-state index in [1.54, 1.807) is 17.8 Å². The van der Waals surface area contributed by atoms with Crippen molar-refractivity contribution in [3.8, 4) is 0 Å². The Balaban J connectivity index is 2.63. The molecule has 0 saturated carbocycles. The number of nitro groups is 1. The molecule has 0 spiro atoms. The van der Waals surface area contributed by atoms with Gasteiger partial charge < -0.3 is 5.11 Å². The van der Waals surface area contributed by atoms with Crippen molar-refractivity contribution >= 4 is 33.4 Å². The largest absolute Gasteiger partial charge is 0.396 e. The van der Waals surface area contributed by atoms with E-state index in [1.165, 1.54) is 12.1 Å². The molecule has 0 aliphatic heterocycles. The first-order valence-electron chi connectivity index (χ1n) is 5.20. The third-order valence-corrected chi connectivity index (χ3v) is 4.33. The average Bonchev–Trinajstić information content (AvgIpc) is 2.27. The van der Waals surface area contributed by atoms with Crippen LogP contribution in [0.4, 0.5) is 5.69 Å². The van der Waals surface area contributed by atoms with E-state index in [-0.39, 0.29) is 12.3 Å². The first kappa shape index (κ1) is 14.5. The fraction of sp³-hybridized carbons (Fsp3) is 0.455. The van der Waals surface area contributed by atoms with Gasteiger partial charge in [0.15, 0.2) is 0 Å². The summed E-state index contributed by atoms with van der Waals surface area (Å²) in [5.74, 6) is 0.778. The highest BCUT2D eigenvalue weighted by Crippen LogP contribution is 2.28. The molecule has 0 fully saturated rings. The zero-order valence-electron chi connectivity index (χ0n) is 9.43. The monoisotopic (exact) mass is 319 g/mol. The van der Waals surface area contributed by atoms with Crippen LogP contribution in [0.25, 0.3) is 0 Å². The molecule has 94 valence electrons. The predicted molar refractivity (Wildman–Crippen MR) is 73.3 cm³/mol. The SMILES string of the molecule is CC(CCO)SCc1ccc([N+](=O)[O-])cc1Br.